The number of ether oxygens (including phenoxy) is 1. The van der Waals surface area contributed by atoms with E-state index in [9.17, 15) is 0 Å². The molecule has 0 amide bonds. The molecule has 0 saturated heterocycles. The van der Waals surface area contributed by atoms with E-state index in [0.29, 0.717) is 0 Å². The van der Waals surface area contributed by atoms with Gasteiger partial charge in [0, 0.05) is 31.8 Å². The monoisotopic (exact) mass is 219 g/mol. The van der Waals surface area contributed by atoms with Gasteiger partial charge in [-0.25, -0.2) is 0 Å². The molecule has 1 heterocycles. The summed E-state index contributed by atoms with van der Waals surface area (Å²) in [5.74, 6) is 0. The fraction of sp³-hybridized carbons (Fsp3) is 0.571. The quantitative estimate of drug-likeness (QED) is 0.775. The van der Waals surface area contributed by atoms with Crippen LogP contribution in [0.2, 0.25) is 0 Å². The lowest BCUT2D eigenvalue weighted by atomic mass is 9.86. The van der Waals surface area contributed by atoms with Crippen LogP contribution in [-0.2, 0) is 16.6 Å². The Morgan fingerprint density at radius 2 is 2.12 bits per heavy atom. The Hall–Kier alpha value is -1.02. The molecule has 0 saturated carbocycles. The number of likely N-dealkylation sites (N-methyl/N-ethyl adjacent to an activating group) is 1. The summed E-state index contributed by atoms with van der Waals surface area (Å²) < 4.78 is 5.13. The lowest BCUT2D eigenvalue weighted by molar-refractivity contribution is 0.202. The highest BCUT2D eigenvalue weighted by molar-refractivity contribution is 5.62. The van der Waals surface area contributed by atoms with E-state index >= 15 is 0 Å². The molecule has 0 atom stereocenters. The number of methoxy groups -OCH3 is 1. The summed E-state index contributed by atoms with van der Waals surface area (Å²) in [6.07, 6.45) is 1.00. The average Bonchev–Trinajstić information content (AvgIpc) is 2.47. The molecule has 1 aromatic carbocycles. The Bertz CT molecular complexity index is 384. The van der Waals surface area contributed by atoms with Gasteiger partial charge in [0.2, 0.25) is 0 Å². The third-order valence-electron chi connectivity index (χ3n) is 3.43. The molecular formula is C14H21NO. The Morgan fingerprint density at radius 1 is 1.38 bits per heavy atom. The summed E-state index contributed by atoms with van der Waals surface area (Å²) >= 11 is 0. The molecule has 2 nitrogen and oxygen atoms in total. The van der Waals surface area contributed by atoms with Crippen molar-refractivity contribution >= 4 is 5.69 Å². The second kappa shape index (κ2) is 4.10. The van der Waals surface area contributed by atoms with Crippen LogP contribution >= 0.6 is 0 Å². The molecule has 1 aliphatic heterocycles. The molecule has 2 heteroatoms. The number of fused-ring (bicyclic) bond motifs is 1. The van der Waals surface area contributed by atoms with E-state index in [1.807, 2.05) is 0 Å². The fourth-order valence-corrected chi connectivity index (χ4v) is 2.60. The summed E-state index contributed by atoms with van der Waals surface area (Å²) in [4.78, 5) is 2.34. The highest BCUT2D eigenvalue weighted by atomic mass is 16.5. The molecule has 1 aliphatic rings. The van der Waals surface area contributed by atoms with Crippen LogP contribution in [-0.4, -0.2) is 27.3 Å². The SMILES string of the molecule is COCCc1ccc2c(c1)C(C)(C)CN2C. The summed E-state index contributed by atoms with van der Waals surface area (Å²) in [6.45, 7) is 6.54. The molecule has 0 aromatic heterocycles. The maximum absolute atomic E-state index is 5.13. The van der Waals surface area contributed by atoms with Gasteiger partial charge in [-0.15, -0.1) is 0 Å². The zero-order valence-electron chi connectivity index (χ0n) is 10.7. The van der Waals surface area contributed by atoms with Crippen LogP contribution in [0.25, 0.3) is 0 Å². The van der Waals surface area contributed by atoms with Crippen LogP contribution in [0, 0.1) is 0 Å². The van der Waals surface area contributed by atoms with Gasteiger partial charge in [0.05, 0.1) is 6.61 Å². The zero-order valence-corrected chi connectivity index (χ0v) is 10.7. The largest absolute Gasteiger partial charge is 0.384 e. The Morgan fingerprint density at radius 3 is 2.81 bits per heavy atom. The van der Waals surface area contributed by atoms with Crippen LogP contribution in [0.4, 0.5) is 5.69 Å². The fourth-order valence-electron chi connectivity index (χ4n) is 2.60. The van der Waals surface area contributed by atoms with Gasteiger partial charge in [-0.05, 0) is 23.6 Å². The first-order chi connectivity index (χ1) is 7.54. The van der Waals surface area contributed by atoms with Crippen molar-refractivity contribution in [3.05, 3.63) is 29.3 Å². The van der Waals surface area contributed by atoms with Crippen LogP contribution in [0.3, 0.4) is 0 Å². The molecule has 1 aromatic rings. The van der Waals surface area contributed by atoms with Gasteiger partial charge < -0.3 is 9.64 Å². The van der Waals surface area contributed by atoms with Crippen LogP contribution in [0.1, 0.15) is 25.0 Å². The second-order valence-corrected chi connectivity index (χ2v) is 5.33. The molecule has 2 rings (SSSR count). The van der Waals surface area contributed by atoms with Gasteiger partial charge in [-0.2, -0.15) is 0 Å². The highest BCUT2D eigenvalue weighted by Gasteiger charge is 2.33. The first kappa shape index (κ1) is 11.5. The normalized spacial score (nSPS) is 17.6. The average molecular weight is 219 g/mol. The van der Waals surface area contributed by atoms with E-state index < -0.39 is 0 Å². The van der Waals surface area contributed by atoms with Gasteiger partial charge in [-0.3, -0.25) is 0 Å². The molecule has 0 radical (unpaired) electrons. The standard InChI is InChI=1S/C14H21NO/c1-14(2)10-15(3)13-6-5-11(7-8-16-4)9-12(13)14/h5-6,9H,7-8,10H2,1-4H3. The van der Waals surface area contributed by atoms with Crippen LogP contribution < -0.4 is 4.90 Å². The van der Waals surface area contributed by atoms with E-state index in [2.05, 4.69) is 44.0 Å². The summed E-state index contributed by atoms with van der Waals surface area (Å²) in [5, 5.41) is 0. The summed E-state index contributed by atoms with van der Waals surface area (Å²) in [7, 11) is 3.92. The van der Waals surface area contributed by atoms with Crippen molar-refractivity contribution in [3.8, 4) is 0 Å². The third-order valence-corrected chi connectivity index (χ3v) is 3.43. The van der Waals surface area contributed by atoms with Gasteiger partial charge in [0.15, 0.2) is 0 Å². The van der Waals surface area contributed by atoms with E-state index in [4.69, 9.17) is 4.74 Å². The number of anilines is 1. The lowest BCUT2D eigenvalue weighted by Gasteiger charge is -2.18. The van der Waals surface area contributed by atoms with Crippen molar-refractivity contribution in [1.29, 1.82) is 0 Å². The molecule has 0 spiro atoms. The van der Waals surface area contributed by atoms with Crippen molar-refractivity contribution in [2.75, 3.05) is 32.2 Å². The molecular weight excluding hydrogens is 198 g/mol. The van der Waals surface area contributed by atoms with Crippen molar-refractivity contribution in [2.45, 2.75) is 25.7 Å². The van der Waals surface area contributed by atoms with Crippen LogP contribution in [0.5, 0.6) is 0 Å². The predicted molar refractivity (Wildman–Crippen MR) is 68.3 cm³/mol. The smallest absolute Gasteiger partial charge is 0.0502 e. The Labute approximate surface area is 98.2 Å². The van der Waals surface area contributed by atoms with Crippen LogP contribution in [0.15, 0.2) is 18.2 Å². The molecule has 0 N–H and O–H groups in total. The Balaban J connectivity index is 2.31. The van der Waals surface area contributed by atoms with Crippen molar-refractivity contribution in [2.24, 2.45) is 0 Å². The number of rotatable bonds is 3. The molecule has 0 unspecified atom stereocenters. The molecule has 16 heavy (non-hydrogen) atoms. The summed E-state index contributed by atoms with van der Waals surface area (Å²) in [6, 6.07) is 6.81. The summed E-state index contributed by atoms with van der Waals surface area (Å²) in [5.41, 5.74) is 4.51. The van der Waals surface area contributed by atoms with Gasteiger partial charge in [0.25, 0.3) is 0 Å². The van der Waals surface area contributed by atoms with E-state index in [1.54, 1.807) is 7.11 Å². The van der Waals surface area contributed by atoms with Crippen molar-refractivity contribution < 1.29 is 4.74 Å². The highest BCUT2D eigenvalue weighted by Crippen LogP contribution is 2.39. The molecule has 0 bridgehead atoms. The number of benzene rings is 1. The van der Waals surface area contributed by atoms with Crippen molar-refractivity contribution in [1.82, 2.24) is 0 Å². The minimum absolute atomic E-state index is 0.271. The number of nitrogens with zero attached hydrogens (tertiary/aromatic N) is 1. The maximum atomic E-state index is 5.13. The molecule has 0 fully saturated rings. The minimum Gasteiger partial charge on any atom is -0.384 e. The first-order valence-corrected chi connectivity index (χ1v) is 5.88. The Kier molecular flexibility index (Phi) is 2.94. The zero-order chi connectivity index (χ0) is 11.8. The first-order valence-electron chi connectivity index (χ1n) is 5.88. The third kappa shape index (κ3) is 1.94. The van der Waals surface area contributed by atoms with Gasteiger partial charge in [-0.1, -0.05) is 26.0 Å². The number of hydrogen-bond acceptors (Lipinski definition) is 2. The van der Waals surface area contributed by atoms with Gasteiger partial charge >= 0.3 is 0 Å². The topological polar surface area (TPSA) is 12.5 Å². The van der Waals surface area contributed by atoms with Crippen molar-refractivity contribution in [3.63, 3.8) is 0 Å². The van der Waals surface area contributed by atoms with Gasteiger partial charge in [0.1, 0.15) is 0 Å². The minimum atomic E-state index is 0.271. The van der Waals surface area contributed by atoms with E-state index in [1.165, 1.54) is 16.8 Å². The predicted octanol–water partition coefficient (Wildman–Crippen LogP) is 2.60. The molecule has 0 aliphatic carbocycles. The number of hydrogen-bond donors (Lipinski definition) is 0. The second-order valence-electron chi connectivity index (χ2n) is 5.33. The van der Waals surface area contributed by atoms with E-state index in [-0.39, 0.29) is 5.41 Å². The molecule has 88 valence electrons. The maximum Gasteiger partial charge on any atom is 0.0502 e. The van der Waals surface area contributed by atoms with E-state index in [0.717, 1.165) is 19.6 Å². The lowest BCUT2D eigenvalue weighted by Crippen LogP contribution is -2.25.